The first-order chi connectivity index (χ1) is 10.1. The quantitative estimate of drug-likeness (QED) is 0.908. The molecule has 0 bridgehead atoms. The summed E-state index contributed by atoms with van der Waals surface area (Å²) >= 11 is 12.0. The van der Waals surface area contributed by atoms with Crippen LogP contribution in [0.25, 0.3) is 0 Å². The smallest absolute Gasteiger partial charge is 0.352 e. The van der Waals surface area contributed by atoms with Gasteiger partial charge in [0, 0.05) is 12.2 Å². The summed E-state index contributed by atoms with van der Waals surface area (Å²) in [5.74, 6) is -0.885. The molecule has 0 amide bonds. The van der Waals surface area contributed by atoms with Gasteiger partial charge in [-0.15, -0.1) is 0 Å². The van der Waals surface area contributed by atoms with E-state index in [1.54, 1.807) is 12.1 Å². The van der Waals surface area contributed by atoms with Gasteiger partial charge in [-0.3, -0.25) is 0 Å². The lowest BCUT2D eigenvalue weighted by atomic mass is 9.98. The summed E-state index contributed by atoms with van der Waals surface area (Å²) in [7, 11) is 0. The molecule has 3 nitrogen and oxygen atoms in total. The molecule has 0 unspecified atom stereocenters. The van der Waals surface area contributed by atoms with Crippen molar-refractivity contribution in [3.05, 3.63) is 56.8 Å². The normalized spacial score (nSPS) is 14.0. The molecule has 1 aromatic carbocycles. The van der Waals surface area contributed by atoms with Gasteiger partial charge in [0.05, 0.1) is 10.0 Å². The highest BCUT2D eigenvalue weighted by Gasteiger charge is 2.21. The van der Waals surface area contributed by atoms with Crippen LogP contribution in [0.4, 0.5) is 0 Å². The standard InChI is InChI=1S/C16H15Cl2NO2/c17-12-6-5-10(7-13(12)18)9-19-14-4-2-1-3-11(14)8-15(19)16(20)21/h5-8H,1-4,9H2,(H,20,21). The number of rotatable bonds is 3. The number of halogens is 2. The summed E-state index contributed by atoms with van der Waals surface area (Å²) in [6.45, 7) is 0.508. The minimum atomic E-state index is -0.885. The maximum absolute atomic E-state index is 11.5. The Hall–Kier alpha value is -1.45. The molecule has 1 aromatic heterocycles. The van der Waals surface area contributed by atoms with Crippen LogP contribution in [0.1, 0.15) is 40.2 Å². The predicted octanol–water partition coefficient (Wildman–Crippen LogP) is 4.42. The van der Waals surface area contributed by atoms with E-state index in [0.717, 1.165) is 36.9 Å². The third kappa shape index (κ3) is 2.81. The minimum Gasteiger partial charge on any atom is -0.477 e. The van der Waals surface area contributed by atoms with Crippen LogP contribution < -0.4 is 0 Å². The Morgan fingerprint density at radius 1 is 1.14 bits per heavy atom. The van der Waals surface area contributed by atoms with E-state index >= 15 is 0 Å². The van der Waals surface area contributed by atoms with Crippen molar-refractivity contribution in [3.8, 4) is 0 Å². The maximum Gasteiger partial charge on any atom is 0.352 e. The second kappa shape index (κ2) is 5.74. The van der Waals surface area contributed by atoms with Crippen LogP contribution in [-0.2, 0) is 19.4 Å². The van der Waals surface area contributed by atoms with Gasteiger partial charge in [0.1, 0.15) is 5.69 Å². The monoisotopic (exact) mass is 323 g/mol. The number of carboxylic acid groups (broad SMARTS) is 1. The molecule has 0 saturated heterocycles. The SMILES string of the molecule is O=C(O)c1cc2c(n1Cc1ccc(Cl)c(Cl)c1)CCCC2. The number of carbonyl (C=O) groups is 1. The molecule has 0 atom stereocenters. The topological polar surface area (TPSA) is 42.2 Å². The molecular formula is C16H15Cl2NO2. The van der Waals surface area contributed by atoms with E-state index in [-0.39, 0.29) is 0 Å². The molecule has 2 aromatic rings. The molecule has 110 valence electrons. The van der Waals surface area contributed by atoms with Gasteiger partial charge in [-0.2, -0.15) is 0 Å². The first kappa shape index (κ1) is 14.5. The molecular weight excluding hydrogens is 309 g/mol. The lowest BCUT2D eigenvalue weighted by Gasteiger charge is -2.16. The number of benzene rings is 1. The average Bonchev–Trinajstić information content (AvgIpc) is 2.82. The highest BCUT2D eigenvalue weighted by atomic mass is 35.5. The van der Waals surface area contributed by atoms with Crippen LogP contribution in [0.3, 0.4) is 0 Å². The van der Waals surface area contributed by atoms with Crippen molar-refractivity contribution in [2.75, 3.05) is 0 Å². The van der Waals surface area contributed by atoms with E-state index in [4.69, 9.17) is 23.2 Å². The van der Waals surface area contributed by atoms with Gasteiger partial charge in [0.2, 0.25) is 0 Å². The second-order valence-electron chi connectivity index (χ2n) is 5.35. The first-order valence-corrected chi connectivity index (χ1v) is 7.70. The highest BCUT2D eigenvalue weighted by Crippen LogP contribution is 2.28. The van der Waals surface area contributed by atoms with E-state index in [9.17, 15) is 9.90 Å². The van der Waals surface area contributed by atoms with Gasteiger partial charge in [-0.25, -0.2) is 4.79 Å². The minimum absolute atomic E-state index is 0.355. The van der Waals surface area contributed by atoms with Crippen LogP contribution in [0.15, 0.2) is 24.3 Å². The molecule has 1 aliphatic rings. The van der Waals surface area contributed by atoms with E-state index in [2.05, 4.69) is 0 Å². The van der Waals surface area contributed by atoms with Gasteiger partial charge in [-0.1, -0.05) is 29.3 Å². The van der Waals surface area contributed by atoms with Gasteiger partial charge >= 0.3 is 5.97 Å². The maximum atomic E-state index is 11.5. The number of aromatic nitrogens is 1. The zero-order valence-corrected chi connectivity index (χ0v) is 12.9. The number of nitrogens with zero attached hydrogens (tertiary/aromatic N) is 1. The zero-order valence-electron chi connectivity index (χ0n) is 11.4. The number of fused-ring (bicyclic) bond motifs is 1. The fourth-order valence-corrected chi connectivity index (χ4v) is 3.26. The predicted molar refractivity (Wildman–Crippen MR) is 83.6 cm³/mol. The number of aromatic carboxylic acids is 1. The fourth-order valence-electron chi connectivity index (χ4n) is 2.94. The van der Waals surface area contributed by atoms with Gasteiger partial charge in [-0.05, 0) is 55.0 Å². The van der Waals surface area contributed by atoms with E-state index in [1.165, 1.54) is 5.56 Å². The van der Waals surface area contributed by atoms with Crippen molar-refractivity contribution in [3.63, 3.8) is 0 Å². The average molecular weight is 324 g/mol. The van der Waals surface area contributed by atoms with Gasteiger partial charge in [0.15, 0.2) is 0 Å². The Balaban J connectivity index is 2.02. The van der Waals surface area contributed by atoms with Crippen LogP contribution in [0, 0.1) is 0 Å². The van der Waals surface area contributed by atoms with Crippen molar-refractivity contribution < 1.29 is 9.90 Å². The van der Waals surface area contributed by atoms with Crippen molar-refractivity contribution in [2.45, 2.75) is 32.2 Å². The summed E-state index contributed by atoms with van der Waals surface area (Å²) in [6.07, 6.45) is 4.13. The summed E-state index contributed by atoms with van der Waals surface area (Å²) in [6, 6.07) is 7.24. The molecule has 3 rings (SSSR count). The first-order valence-electron chi connectivity index (χ1n) is 6.95. The van der Waals surface area contributed by atoms with Crippen molar-refractivity contribution in [2.24, 2.45) is 0 Å². The molecule has 5 heteroatoms. The second-order valence-corrected chi connectivity index (χ2v) is 6.16. The molecule has 1 heterocycles. The molecule has 21 heavy (non-hydrogen) atoms. The van der Waals surface area contributed by atoms with Crippen LogP contribution in [0.2, 0.25) is 10.0 Å². The largest absolute Gasteiger partial charge is 0.477 e. The molecule has 0 aliphatic heterocycles. The molecule has 0 spiro atoms. The number of aryl methyl sites for hydroxylation is 1. The summed E-state index contributed by atoms with van der Waals surface area (Å²) in [5.41, 5.74) is 3.62. The van der Waals surface area contributed by atoms with E-state index in [0.29, 0.717) is 22.3 Å². The summed E-state index contributed by atoms with van der Waals surface area (Å²) in [5, 5.41) is 10.4. The van der Waals surface area contributed by atoms with Crippen molar-refractivity contribution in [1.29, 1.82) is 0 Å². The molecule has 0 saturated carbocycles. The Kier molecular flexibility index (Phi) is 3.96. The molecule has 1 N–H and O–H groups in total. The number of carboxylic acids is 1. The van der Waals surface area contributed by atoms with Gasteiger partial charge in [0.25, 0.3) is 0 Å². The lowest BCUT2D eigenvalue weighted by Crippen LogP contribution is -2.14. The number of hydrogen-bond donors (Lipinski definition) is 1. The van der Waals surface area contributed by atoms with Crippen LogP contribution in [0.5, 0.6) is 0 Å². The highest BCUT2D eigenvalue weighted by molar-refractivity contribution is 6.42. The molecule has 1 aliphatic carbocycles. The Morgan fingerprint density at radius 3 is 2.62 bits per heavy atom. The molecule has 0 fully saturated rings. The summed E-state index contributed by atoms with van der Waals surface area (Å²) < 4.78 is 1.90. The van der Waals surface area contributed by atoms with Crippen molar-refractivity contribution in [1.82, 2.24) is 4.57 Å². The third-order valence-electron chi connectivity index (χ3n) is 3.95. The van der Waals surface area contributed by atoms with Crippen molar-refractivity contribution >= 4 is 29.2 Å². The van der Waals surface area contributed by atoms with Crippen LogP contribution in [-0.4, -0.2) is 15.6 Å². The third-order valence-corrected chi connectivity index (χ3v) is 4.69. The molecule has 0 radical (unpaired) electrons. The van der Waals surface area contributed by atoms with E-state index < -0.39 is 5.97 Å². The Morgan fingerprint density at radius 2 is 1.90 bits per heavy atom. The summed E-state index contributed by atoms with van der Waals surface area (Å²) in [4.78, 5) is 11.5. The Labute approximate surface area is 133 Å². The van der Waals surface area contributed by atoms with Gasteiger partial charge < -0.3 is 9.67 Å². The number of hydrogen-bond acceptors (Lipinski definition) is 1. The van der Waals surface area contributed by atoms with E-state index in [1.807, 2.05) is 16.7 Å². The zero-order chi connectivity index (χ0) is 15.0. The lowest BCUT2D eigenvalue weighted by molar-refractivity contribution is 0.0685. The van der Waals surface area contributed by atoms with Crippen LogP contribution >= 0.6 is 23.2 Å². The fraction of sp³-hybridized carbons (Fsp3) is 0.312. The Bertz CT molecular complexity index is 707.